The molecule has 3 nitrogen and oxygen atoms in total. The number of carboxylic acid groups (broad SMARTS) is 1. The Morgan fingerprint density at radius 2 is 1.82 bits per heavy atom. The molecule has 1 heterocycles. The minimum Gasteiger partial charge on any atom is -0.477 e. The second-order valence-corrected chi connectivity index (χ2v) is 4.07. The molecule has 0 fully saturated rings. The maximum atomic E-state index is 10.7. The summed E-state index contributed by atoms with van der Waals surface area (Å²) in [6.45, 7) is 0. The third-order valence-corrected chi connectivity index (χ3v) is 2.75. The first kappa shape index (κ1) is 11.5. The van der Waals surface area contributed by atoms with E-state index < -0.39 is 5.97 Å². The van der Waals surface area contributed by atoms with Crippen LogP contribution < -0.4 is 0 Å². The summed E-state index contributed by atoms with van der Waals surface area (Å²) in [5.74, 6) is -0.903. The SMILES string of the molecule is O=C(O)c1cc(CCCc2ccccc2)c[nH]1. The number of aromatic nitrogens is 1. The molecule has 17 heavy (non-hydrogen) atoms. The number of aromatic amines is 1. The van der Waals surface area contributed by atoms with Crippen molar-refractivity contribution >= 4 is 5.97 Å². The Morgan fingerprint density at radius 3 is 2.47 bits per heavy atom. The Labute approximate surface area is 100 Å². The average molecular weight is 229 g/mol. The number of hydrogen-bond donors (Lipinski definition) is 2. The zero-order valence-electron chi connectivity index (χ0n) is 9.52. The van der Waals surface area contributed by atoms with Crippen LogP contribution in [0.2, 0.25) is 0 Å². The zero-order valence-corrected chi connectivity index (χ0v) is 9.52. The number of benzene rings is 1. The normalized spacial score (nSPS) is 10.4. The molecule has 1 aromatic heterocycles. The van der Waals surface area contributed by atoms with Crippen molar-refractivity contribution < 1.29 is 9.90 Å². The van der Waals surface area contributed by atoms with E-state index in [0.29, 0.717) is 0 Å². The van der Waals surface area contributed by atoms with Crippen LogP contribution in [0.5, 0.6) is 0 Å². The van der Waals surface area contributed by atoms with Crippen LogP contribution in [-0.2, 0) is 12.8 Å². The lowest BCUT2D eigenvalue weighted by molar-refractivity contribution is 0.0691. The molecule has 2 N–H and O–H groups in total. The topological polar surface area (TPSA) is 53.1 Å². The van der Waals surface area contributed by atoms with Gasteiger partial charge in [-0.15, -0.1) is 0 Å². The van der Waals surface area contributed by atoms with Crippen molar-refractivity contribution in [2.75, 3.05) is 0 Å². The highest BCUT2D eigenvalue weighted by molar-refractivity contribution is 5.85. The molecule has 0 aliphatic heterocycles. The summed E-state index contributed by atoms with van der Waals surface area (Å²) >= 11 is 0. The summed E-state index contributed by atoms with van der Waals surface area (Å²) in [7, 11) is 0. The first-order valence-electron chi connectivity index (χ1n) is 5.70. The largest absolute Gasteiger partial charge is 0.477 e. The molecule has 0 aliphatic carbocycles. The van der Waals surface area contributed by atoms with E-state index in [9.17, 15) is 4.79 Å². The molecule has 88 valence electrons. The number of rotatable bonds is 5. The number of aromatic carboxylic acids is 1. The maximum Gasteiger partial charge on any atom is 0.352 e. The van der Waals surface area contributed by atoms with E-state index in [0.717, 1.165) is 24.8 Å². The van der Waals surface area contributed by atoms with Gasteiger partial charge in [0.2, 0.25) is 0 Å². The molecule has 0 radical (unpaired) electrons. The molecule has 3 heteroatoms. The van der Waals surface area contributed by atoms with Gasteiger partial charge in [-0.2, -0.15) is 0 Å². The highest BCUT2D eigenvalue weighted by atomic mass is 16.4. The predicted octanol–water partition coefficient (Wildman–Crippen LogP) is 2.89. The Hall–Kier alpha value is -2.03. The van der Waals surface area contributed by atoms with Crippen molar-refractivity contribution in [2.45, 2.75) is 19.3 Å². The number of carboxylic acids is 1. The van der Waals surface area contributed by atoms with Gasteiger partial charge in [-0.25, -0.2) is 4.79 Å². The van der Waals surface area contributed by atoms with Gasteiger partial charge >= 0.3 is 5.97 Å². The average Bonchev–Trinajstić information content (AvgIpc) is 2.79. The fourth-order valence-electron chi connectivity index (χ4n) is 1.85. The van der Waals surface area contributed by atoms with Gasteiger partial charge in [-0.05, 0) is 36.5 Å². The van der Waals surface area contributed by atoms with Crippen LogP contribution in [0.4, 0.5) is 0 Å². The Balaban J connectivity index is 1.84. The van der Waals surface area contributed by atoms with Gasteiger partial charge in [0.15, 0.2) is 0 Å². The molecule has 0 aliphatic rings. The maximum absolute atomic E-state index is 10.7. The highest BCUT2D eigenvalue weighted by Crippen LogP contribution is 2.09. The molecule has 0 atom stereocenters. The summed E-state index contributed by atoms with van der Waals surface area (Å²) in [5.41, 5.74) is 2.64. The Morgan fingerprint density at radius 1 is 1.12 bits per heavy atom. The quantitative estimate of drug-likeness (QED) is 0.828. The number of aryl methyl sites for hydroxylation is 2. The molecule has 2 rings (SSSR count). The smallest absolute Gasteiger partial charge is 0.352 e. The van der Waals surface area contributed by atoms with E-state index >= 15 is 0 Å². The lowest BCUT2D eigenvalue weighted by Crippen LogP contribution is -1.94. The Kier molecular flexibility index (Phi) is 3.60. The molecular formula is C14H15NO2. The lowest BCUT2D eigenvalue weighted by Gasteiger charge is -1.99. The number of nitrogens with one attached hydrogen (secondary N) is 1. The van der Waals surface area contributed by atoms with Crippen LogP contribution in [0.15, 0.2) is 42.6 Å². The van der Waals surface area contributed by atoms with Gasteiger partial charge in [0.05, 0.1) is 0 Å². The molecule has 2 aromatic rings. The van der Waals surface area contributed by atoms with Crippen molar-refractivity contribution in [3.63, 3.8) is 0 Å². The number of hydrogen-bond acceptors (Lipinski definition) is 1. The summed E-state index contributed by atoms with van der Waals surface area (Å²) in [6.07, 6.45) is 4.72. The lowest BCUT2D eigenvalue weighted by atomic mass is 10.1. The first-order chi connectivity index (χ1) is 8.25. The van der Waals surface area contributed by atoms with Gasteiger partial charge in [0.25, 0.3) is 0 Å². The minimum atomic E-state index is -0.903. The molecular weight excluding hydrogens is 214 g/mol. The van der Waals surface area contributed by atoms with Crippen LogP contribution in [0.3, 0.4) is 0 Å². The van der Waals surface area contributed by atoms with Crippen LogP contribution in [0.1, 0.15) is 28.0 Å². The van der Waals surface area contributed by atoms with Crippen molar-refractivity contribution in [3.05, 3.63) is 59.4 Å². The fraction of sp³-hybridized carbons (Fsp3) is 0.214. The van der Waals surface area contributed by atoms with E-state index in [-0.39, 0.29) is 5.69 Å². The van der Waals surface area contributed by atoms with Crippen molar-refractivity contribution in [2.24, 2.45) is 0 Å². The van der Waals surface area contributed by atoms with Crippen LogP contribution >= 0.6 is 0 Å². The van der Waals surface area contributed by atoms with E-state index in [2.05, 4.69) is 17.1 Å². The summed E-state index contributed by atoms with van der Waals surface area (Å²) in [5, 5.41) is 8.77. The van der Waals surface area contributed by atoms with Gasteiger partial charge in [-0.1, -0.05) is 30.3 Å². The summed E-state index contributed by atoms with van der Waals surface area (Å²) < 4.78 is 0. The molecule has 0 bridgehead atoms. The molecule has 0 saturated heterocycles. The predicted molar refractivity (Wildman–Crippen MR) is 66.2 cm³/mol. The molecule has 0 spiro atoms. The second kappa shape index (κ2) is 5.34. The van der Waals surface area contributed by atoms with E-state index in [1.54, 1.807) is 12.3 Å². The van der Waals surface area contributed by atoms with Gasteiger partial charge < -0.3 is 10.1 Å². The molecule has 0 saturated carbocycles. The van der Waals surface area contributed by atoms with E-state index in [4.69, 9.17) is 5.11 Å². The second-order valence-electron chi connectivity index (χ2n) is 4.07. The Bertz CT molecular complexity index is 488. The van der Waals surface area contributed by atoms with E-state index in [1.165, 1.54) is 5.56 Å². The molecule has 1 aromatic carbocycles. The zero-order chi connectivity index (χ0) is 12.1. The van der Waals surface area contributed by atoms with Crippen molar-refractivity contribution in [1.82, 2.24) is 4.98 Å². The van der Waals surface area contributed by atoms with Crippen LogP contribution in [0.25, 0.3) is 0 Å². The highest BCUT2D eigenvalue weighted by Gasteiger charge is 2.05. The fourth-order valence-corrected chi connectivity index (χ4v) is 1.85. The summed E-state index contributed by atoms with van der Waals surface area (Å²) in [6, 6.07) is 12.0. The van der Waals surface area contributed by atoms with E-state index in [1.807, 2.05) is 18.2 Å². The standard InChI is InChI=1S/C14H15NO2/c16-14(17)13-9-12(10-15-13)8-4-7-11-5-2-1-3-6-11/h1-3,5-6,9-10,15H,4,7-8H2,(H,16,17). The van der Waals surface area contributed by atoms with Gasteiger partial charge in [0, 0.05) is 6.20 Å². The number of H-pyrrole nitrogens is 1. The first-order valence-corrected chi connectivity index (χ1v) is 5.70. The molecule has 0 amide bonds. The van der Waals surface area contributed by atoms with Gasteiger partial charge in [-0.3, -0.25) is 0 Å². The van der Waals surface area contributed by atoms with Crippen molar-refractivity contribution in [1.29, 1.82) is 0 Å². The van der Waals surface area contributed by atoms with Crippen LogP contribution in [0, 0.1) is 0 Å². The monoisotopic (exact) mass is 229 g/mol. The van der Waals surface area contributed by atoms with Crippen LogP contribution in [-0.4, -0.2) is 16.1 Å². The number of carbonyl (C=O) groups is 1. The third-order valence-electron chi connectivity index (χ3n) is 2.75. The van der Waals surface area contributed by atoms with Gasteiger partial charge in [0.1, 0.15) is 5.69 Å². The minimum absolute atomic E-state index is 0.264. The summed E-state index contributed by atoms with van der Waals surface area (Å²) in [4.78, 5) is 13.4. The molecule has 0 unspecified atom stereocenters. The third kappa shape index (κ3) is 3.21. The van der Waals surface area contributed by atoms with Crippen molar-refractivity contribution in [3.8, 4) is 0 Å².